The molecule has 1 fully saturated rings. The average molecular weight is 336 g/mol. The van der Waals surface area contributed by atoms with E-state index in [0.717, 1.165) is 24.9 Å². The van der Waals surface area contributed by atoms with Gasteiger partial charge in [0.25, 0.3) is 11.8 Å². The van der Waals surface area contributed by atoms with Crippen molar-refractivity contribution in [3.05, 3.63) is 71.3 Å². The van der Waals surface area contributed by atoms with Crippen LogP contribution in [-0.2, 0) is 6.54 Å². The predicted molar refractivity (Wildman–Crippen MR) is 98.4 cm³/mol. The molecule has 130 valence electrons. The van der Waals surface area contributed by atoms with Gasteiger partial charge in [-0.25, -0.2) is 0 Å². The molecule has 1 N–H and O–H groups in total. The Morgan fingerprint density at radius 3 is 2.40 bits per heavy atom. The molecule has 1 heterocycles. The van der Waals surface area contributed by atoms with Crippen molar-refractivity contribution in [1.82, 2.24) is 10.2 Å². The number of nitrogens with one attached hydrogen (secondary N) is 1. The maximum Gasteiger partial charge on any atom is 0.254 e. The molecule has 2 aromatic rings. The molecule has 0 saturated carbocycles. The van der Waals surface area contributed by atoms with E-state index >= 15 is 0 Å². The van der Waals surface area contributed by atoms with Crippen molar-refractivity contribution in [1.29, 1.82) is 0 Å². The average Bonchev–Trinajstić information content (AvgIpc) is 2.67. The van der Waals surface area contributed by atoms with Gasteiger partial charge in [0.05, 0.1) is 0 Å². The highest BCUT2D eigenvalue weighted by Crippen LogP contribution is 2.19. The van der Waals surface area contributed by atoms with E-state index in [4.69, 9.17) is 0 Å². The first-order valence-corrected chi connectivity index (χ1v) is 8.88. The van der Waals surface area contributed by atoms with Crippen molar-refractivity contribution in [2.24, 2.45) is 0 Å². The van der Waals surface area contributed by atoms with Crippen LogP contribution in [0.1, 0.15) is 52.5 Å². The predicted octanol–water partition coefficient (Wildman–Crippen LogP) is 3.63. The third-order valence-electron chi connectivity index (χ3n) is 4.75. The lowest BCUT2D eigenvalue weighted by molar-refractivity contribution is 0.0635. The lowest BCUT2D eigenvalue weighted by Crippen LogP contribution is -2.42. The summed E-state index contributed by atoms with van der Waals surface area (Å²) in [5, 5.41) is 2.90. The van der Waals surface area contributed by atoms with Crippen molar-refractivity contribution in [3.8, 4) is 0 Å². The number of benzene rings is 2. The van der Waals surface area contributed by atoms with Crippen LogP contribution in [0.3, 0.4) is 0 Å². The Bertz CT molecular complexity index is 725. The molecule has 0 aromatic heterocycles. The van der Waals surface area contributed by atoms with Crippen LogP contribution in [0.4, 0.5) is 0 Å². The van der Waals surface area contributed by atoms with Crippen molar-refractivity contribution >= 4 is 11.8 Å². The first-order valence-electron chi connectivity index (χ1n) is 8.88. The van der Waals surface area contributed by atoms with E-state index in [2.05, 4.69) is 12.2 Å². The highest BCUT2D eigenvalue weighted by atomic mass is 16.2. The molecule has 2 aromatic carbocycles. The Labute approximate surface area is 148 Å². The van der Waals surface area contributed by atoms with Gasteiger partial charge in [0, 0.05) is 30.3 Å². The van der Waals surface area contributed by atoms with E-state index in [1.807, 2.05) is 47.4 Å². The Morgan fingerprint density at radius 2 is 1.72 bits per heavy atom. The van der Waals surface area contributed by atoms with Gasteiger partial charge >= 0.3 is 0 Å². The molecule has 2 amide bonds. The normalized spacial score (nSPS) is 17.2. The summed E-state index contributed by atoms with van der Waals surface area (Å²) in [7, 11) is 0. The summed E-state index contributed by atoms with van der Waals surface area (Å²) in [5.41, 5.74) is 2.34. The fourth-order valence-corrected chi connectivity index (χ4v) is 3.20. The minimum absolute atomic E-state index is 0.0945. The van der Waals surface area contributed by atoms with Gasteiger partial charge in [0.2, 0.25) is 0 Å². The number of rotatable bonds is 4. The Morgan fingerprint density at radius 1 is 1.00 bits per heavy atom. The van der Waals surface area contributed by atoms with Crippen molar-refractivity contribution in [2.45, 2.75) is 38.8 Å². The highest BCUT2D eigenvalue weighted by molar-refractivity contribution is 5.95. The van der Waals surface area contributed by atoms with Gasteiger partial charge in [-0.15, -0.1) is 0 Å². The van der Waals surface area contributed by atoms with E-state index in [1.165, 1.54) is 6.42 Å². The first kappa shape index (κ1) is 17.2. The smallest absolute Gasteiger partial charge is 0.254 e. The number of carbonyl (C=O) groups is 2. The molecule has 25 heavy (non-hydrogen) atoms. The Kier molecular flexibility index (Phi) is 5.49. The number of hydrogen-bond acceptors (Lipinski definition) is 2. The SMILES string of the molecule is CC1CCCCN1C(=O)c1ccc(CNC(=O)c2ccccc2)cc1. The van der Waals surface area contributed by atoms with Crippen molar-refractivity contribution < 1.29 is 9.59 Å². The number of amides is 2. The molecule has 1 unspecified atom stereocenters. The number of nitrogens with zero attached hydrogens (tertiary/aromatic N) is 1. The van der Waals surface area contributed by atoms with Gasteiger partial charge in [0.15, 0.2) is 0 Å². The summed E-state index contributed by atoms with van der Waals surface area (Å²) in [6.45, 7) is 3.40. The number of hydrogen-bond donors (Lipinski definition) is 1. The second-order valence-electron chi connectivity index (χ2n) is 6.59. The first-order chi connectivity index (χ1) is 12.1. The molecule has 0 spiro atoms. The van der Waals surface area contributed by atoms with Crippen molar-refractivity contribution in [3.63, 3.8) is 0 Å². The summed E-state index contributed by atoms with van der Waals surface area (Å²) < 4.78 is 0. The van der Waals surface area contributed by atoms with Gasteiger partial charge in [-0.1, -0.05) is 30.3 Å². The number of carbonyl (C=O) groups excluding carboxylic acids is 2. The van der Waals surface area contributed by atoms with Gasteiger partial charge in [-0.2, -0.15) is 0 Å². The molecule has 1 saturated heterocycles. The number of piperidine rings is 1. The largest absolute Gasteiger partial charge is 0.348 e. The molecule has 0 radical (unpaired) electrons. The zero-order valence-corrected chi connectivity index (χ0v) is 14.6. The minimum atomic E-state index is -0.0945. The van der Waals surface area contributed by atoms with Crippen LogP contribution in [0.15, 0.2) is 54.6 Å². The standard InChI is InChI=1S/C21H24N2O2/c1-16-7-5-6-14-23(16)21(25)19-12-10-17(11-13-19)15-22-20(24)18-8-3-2-4-9-18/h2-4,8-13,16H,5-7,14-15H2,1H3,(H,22,24). The molecule has 4 heteroatoms. The summed E-state index contributed by atoms with van der Waals surface area (Å²) in [6.07, 6.45) is 3.36. The third-order valence-corrected chi connectivity index (χ3v) is 4.75. The minimum Gasteiger partial charge on any atom is -0.348 e. The summed E-state index contributed by atoms with van der Waals surface area (Å²) in [4.78, 5) is 26.7. The molecular weight excluding hydrogens is 312 g/mol. The Balaban J connectivity index is 1.58. The molecule has 0 aliphatic carbocycles. The lowest BCUT2D eigenvalue weighted by Gasteiger charge is -2.33. The van der Waals surface area contributed by atoms with Gasteiger partial charge < -0.3 is 10.2 Å². The van der Waals surface area contributed by atoms with Crippen LogP contribution in [0, 0.1) is 0 Å². The van der Waals surface area contributed by atoms with Crippen LogP contribution < -0.4 is 5.32 Å². The highest BCUT2D eigenvalue weighted by Gasteiger charge is 2.23. The van der Waals surface area contributed by atoms with Crippen LogP contribution in [0.25, 0.3) is 0 Å². The van der Waals surface area contributed by atoms with Crippen LogP contribution in [0.2, 0.25) is 0 Å². The lowest BCUT2D eigenvalue weighted by atomic mass is 10.0. The zero-order valence-electron chi connectivity index (χ0n) is 14.6. The topological polar surface area (TPSA) is 49.4 Å². The van der Waals surface area contributed by atoms with Gasteiger partial charge in [-0.3, -0.25) is 9.59 Å². The fourth-order valence-electron chi connectivity index (χ4n) is 3.20. The summed E-state index contributed by atoms with van der Waals surface area (Å²) >= 11 is 0. The van der Waals surface area contributed by atoms with Crippen LogP contribution in [0.5, 0.6) is 0 Å². The van der Waals surface area contributed by atoms with E-state index in [0.29, 0.717) is 23.7 Å². The Hall–Kier alpha value is -2.62. The molecular formula is C21H24N2O2. The maximum absolute atomic E-state index is 12.6. The van der Waals surface area contributed by atoms with Crippen LogP contribution in [-0.4, -0.2) is 29.3 Å². The van der Waals surface area contributed by atoms with E-state index in [1.54, 1.807) is 12.1 Å². The van der Waals surface area contributed by atoms with Crippen LogP contribution >= 0.6 is 0 Å². The monoisotopic (exact) mass is 336 g/mol. The second-order valence-corrected chi connectivity index (χ2v) is 6.59. The van der Waals surface area contributed by atoms with E-state index in [-0.39, 0.29) is 11.8 Å². The molecule has 1 aliphatic rings. The number of likely N-dealkylation sites (tertiary alicyclic amines) is 1. The fraction of sp³-hybridized carbons (Fsp3) is 0.333. The molecule has 1 aliphatic heterocycles. The quantitative estimate of drug-likeness (QED) is 0.927. The van der Waals surface area contributed by atoms with Gasteiger partial charge in [-0.05, 0) is 56.0 Å². The zero-order chi connectivity index (χ0) is 17.6. The molecule has 0 bridgehead atoms. The van der Waals surface area contributed by atoms with E-state index < -0.39 is 0 Å². The molecule has 1 atom stereocenters. The van der Waals surface area contributed by atoms with E-state index in [9.17, 15) is 9.59 Å². The molecule has 4 nitrogen and oxygen atoms in total. The molecule has 3 rings (SSSR count). The maximum atomic E-state index is 12.6. The summed E-state index contributed by atoms with van der Waals surface area (Å²) in [6, 6.07) is 17.0. The van der Waals surface area contributed by atoms with Crippen molar-refractivity contribution in [2.75, 3.05) is 6.54 Å². The summed E-state index contributed by atoms with van der Waals surface area (Å²) in [5.74, 6) is 0.00923. The van der Waals surface area contributed by atoms with Gasteiger partial charge in [0.1, 0.15) is 0 Å². The third kappa shape index (κ3) is 4.27. The second kappa shape index (κ2) is 7.97.